The molecule has 0 saturated heterocycles. The number of carbonyl (C=O) groups is 1. The topological polar surface area (TPSA) is 113 Å². The zero-order chi connectivity index (χ0) is 24.6. The first kappa shape index (κ1) is 24.2. The van der Waals surface area contributed by atoms with Crippen LogP contribution >= 0.6 is 0 Å². The Balaban J connectivity index is 1.38. The van der Waals surface area contributed by atoms with Crippen molar-refractivity contribution >= 4 is 23.5 Å². The standard InChI is InChI=1S/C28H31N5O2/c1-31-16-23(15-29)22-14-24(27(30)32-17-22)28(34)33-25-8-5-9-26(25)35-18-19-10-12-21(13-11-19)20-6-3-2-4-7-20/h2-4,6-7,10-17,25-26,29,31H,5,8-9,18H2,1H3,(H2,30,32)(H,33,34)/b23-16+,29-15?/t25-,26-/m0/s1. The van der Waals surface area contributed by atoms with E-state index in [4.69, 9.17) is 15.9 Å². The normalized spacial score (nSPS) is 17.7. The fourth-order valence-electron chi connectivity index (χ4n) is 4.34. The molecule has 180 valence electrons. The molecule has 0 radical (unpaired) electrons. The third-order valence-electron chi connectivity index (χ3n) is 6.25. The fraction of sp³-hybridized carbons (Fsp3) is 0.250. The van der Waals surface area contributed by atoms with Gasteiger partial charge in [0.25, 0.3) is 5.91 Å². The van der Waals surface area contributed by atoms with Crippen LogP contribution in [0.1, 0.15) is 40.7 Å². The minimum absolute atomic E-state index is 0.0635. The van der Waals surface area contributed by atoms with Crippen LogP contribution < -0.4 is 16.4 Å². The number of ether oxygens (including phenoxy) is 1. The van der Waals surface area contributed by atoms with E-state index < -0.39 is 0 Å². The summed E-state index contributed by atoms with van der Waals surface area (Å²) in [7, 11) is 1.75. The number of allylic oxidation sites excluding steroid dienone is 1. The Morgan fingerprint density at radius 3 is 2.60 bits per heavy atom. The Bertz CT molecular complexity index is 1190. The van der Waals surface area contributed by atoms with E-state index in [1.165, 1.54) is 17.3 Å². The summed E-state index contributed by atoms with van der Waals surface area (Å²) in [5.41, 5.74) is 11.0. The molecule has 3 aromatic rings. The third kappa shape index (κ3) is 5.94. The van der Waals surface area contributed by atoms with Gasteiger partial charge in [-0.2, -0.15) is 0 Å². The third-order valence-corrected chi connectivity index (χ3v) is 6.25. The highest BCUT2D eigenvalue weighted by molar-refractivity contribution is 6.09. The molecule has 1 aromatic heterocycles. The van der Waals surface area contributed by atoms with Gasteiger partial charge in [0.05, 0.1) is 24.3 Å². The van der Waals surface area contributed by atoms with Crippen LogP contribution in [0.15, 0.2) is 73.1 Å². The van der Waals surface area contributed by atoms with Crippen molar-refractivity contribution in [2.75, 3.05) is 12.8 Å². The van der Waals surface area contributed by atoms with Crippen molar-refractivity contribution in [1.29, 1.82) is 5.41 Å². The molecular weight excluding hydrogens is 438 g/mol. The molecular formula is C28H31N5O2. The molecule has 1 aliphatic rings. The highest BCUT2D eigenvalue weighted by Gasteiger charge is 2.30. The van der Waals surface area contributed by atoms with Gasteiger partial charge < -0.3 is 26.5 Å². The largest absolute Gasteiger partial charge is 0.393 e. The molecule has 4 rings (SSSR count). The Hall–Kier alpha value is -3.97. The number of nitrogen functional groups attached to an aromatic ring is 1. The van der Waals surface area contributed by atoms with Crippen molar-refractivity contribution in [3.63, 3.8) is 0 Å². The molecule has 0 unspecified atom stereocenters. The van der Waals surface area contributed by atoms with Crippen LogP contribution in [0.4, 0.5) is 5.82 Å². The molecule has 1 amide bonds. The Kier molecular flexibility index (Phi) is 7.90. The number of hydrogen-bond donors (Lipinski definition) is 4. The van der Waals surface area contributed by atoms with Gasteiger partial charge in [-0.05, 0) is 42.0 Å². The zero-order valence-corrected chi connectivity index (χ0v) is 19.8. The number of benzene rings is 2. The van der Waals surface area contributed by atoms with E-state index in [1.807, 2.05) is 18.2 Å². The summed E-state index contributed by atoms with van der Waals surface area (Å²) in [6.07, 6.45) is 7.11. The molecule has 1 fully saturated rings. The van der Waals surface area contributed by atoms with Crippen LogP contribution in [0.3, 0.4) is 0 Å². The maximum Gasteiger partial charge on any atom is 0.255 e. The summed E-state index contributed by atoms with van der Waals surface area (Å²) >= 11 is 0. The second kappa shape index (κ2) is 11.4. The Morgan fingerprint density at radius 1 is 1.14 bits per heavy atom. The molecule has 35 heavy (non-hydrogen) atoms. The number of rotatable bonds is 9. The van der Waals surface area contributed by atoms with Crippen molar-refractivity contribution in [1.82, 2.24) is 15.6 Å². The molecule has 1 heterocycles. The van der Waals surface area contributed by atoms with E-state index in [-0.39, 0.29) is 23.9 Å². The van der Waals surface area contributed by atoms with Crippen LogP contribution in [0, 0.1) is 5.41 Å². The lowest BCUT2D eigenvalue weighted by Crippen LogP contribution is -2.41. The molecule has 0 bridgehead atoms. The van der Waals surface area contributed by atoms with Gasteiger partial charge >= 0.3 is 0 Å². The summed E-state index contributed by atoms with van der Waals surface area (Å²) < 4.78 is 6.22. The number of nitrogens with one attached hydrogen (secondary N) is 3. The predicted octanol–water partition coefficient (Wildman–Crippen LogP) is 4.41. The van der Waals surface area contributed by atoms with Crippen molar-refractivity contribution in [2.24, 2.45) is 0 Å². The summed E-state index contributed by atoms with van der Waals surface area (Å²) in [4.78, 5) is 17.2. The number of hydrogen-bond acceptors (Lipinski definition) is 6. The van der Waals surface area contributed by atoms with E-state index in [0.717, 1.165) is 24.8 Å². The SMILES string of the molecule is CN/C=C(\C=N)c1cnc(N)c(C(=O)N[C@H]2CCC[C@@H]2OCc2ccc(-c3ccccc3)cc2)c1. The van der Waals surface area contributed by atoms with Gasteiger partial charge in [0.15, 0.2) is 0 Å². The molecule has 2 atom stereocenters. The fourth-order valence-corrected chi connectivity index (χ4v) is 4.34. The van der Waals surface area contributed by atoms with Crippen molar-refractivity contribution in [3.8, 4) is 11.1 Å². The zero-order valence-electron chi connectivity index (χ0n) is 19.8. The lowest BCUT2D eigenvalue weighted by Gasteiger charge is -2.22. The number of amides is 1. The molecule has 1 aliphatic carbocycles. The van der Waals surface area contributed by atoms with Gasteiger partial charge in [0.1, 0.15) is 5.82 Å². The van der Waals surface area contributed by atoms with Crippen LogP contribution in [0.2, 0.25) is 0 Å². The van der Waals surface area contributed by atoms with Crippen molar-refractivity contribution in [2.45, 2.75) is 38.0 Å². The number of anilines is 1. The minimum atomic E-state index is -0.279. The van der Waals surface area contributed by atoms with E-state index in [2.05, 4.69) is 52.0 Å². The number of nitrogens with zero attached hydrogens (tertiary/aromatic N) is 1. The molecule has 2 aromatic carbocycles. The molecule has 7 nitrogen and oxygen atoms in total. The van der Waals surface area contributed by atoms with Gasteiger partial charge in [-0.15, -0.1) is 0 Å². The quantitative estimate of drug-likeness (QED) is 0.347. The van der Waals surface area contributed by atoms with Gasteiger partial charge in [-0.3, -0.25) is 4.79 Å². The number of nitrogens with two attached hydrogens (primary N) is 1. The first-order chi connectivity index (χ1) is 17.1. The highest BCUT2D eigenvalue weighted by Crippen LogP contribution is 2.25. The summed E-state index contributed by atoms with van der Waals surface area (Å²) in [6, 6.07) is 20.2. The van der Waals surface area contributed by atoms with E-state index in [9.17, 15) is 4.79 Å². The highest BCUT2D eigenvalue weighted by atomic mass is 16.5. The van der Waals surface area contributed by atoms with Gasteiger partial charge in [0.2, 0.25) is 0 Å². The maximum absolute atomic E-state index is 13.1. The van der Waals surface area contributed by atoms with Crippen molar-refractivity contribution in [3.05, 3.63) is 89.8 Å². The van der Waals surface area contributed by atoms with E-state index in [1.54, 1.807) is 25.5 Å². The van der Waals surface area contributed by atoms with Crippen LogP contribution in [-0.2, 0) is 11.3 Å². The van der Waals surface area contributed by atoms with E-state index in [0.29, 0.717) is 23.3 Å². The lowest BCUT2D eigenvalue weighted by atomic mass is 10.0. The second-order valence-electron chi connectivity index (χ2n) is 8.61. The first-order valence-electron chi connectivity index (χ1n) is 11.8. The number of carbonyl (C=O) groups excluding carboxylic acids is 1. The number of aromatic nitrogens is 1. The maximum atomic E-state index is 13.1. The van der Waals surface area contributed by atoms with E-state index >= 15 is 0 Å². The second-order valence-corrected chi connectivity index (χ2v) is 8.61. The summed E-state index contributed by atoms with van der Waals surface area (Å²) in [6.45, 7) is 0.489. The first-order valence-corrected chi connectivity index (χ1v) is 11.8. The van der Waals surface area contributed by atoms with Gasteiger partial charge in [-0.1, -0.05) is 54.6 Å². The van der Waals surface area contributed by atoms with Gasteiger partial charge in [0, 0.05) is 36.8 Å². The number of pyridine rings is 1. The summed E-state index contributed by atoms with van der Waals surface area (Å²) in [5.74, 6) is -0.118. The van der Waals surface area contributed by atoms with Crippen LogP contribution in [0.5, 0.6) is 0 Å². The van der Waals surface area contributed by atoms with Crippen LogP contribution in [-0.4, -0.2) is 36.3 Å². The smallest absolute Gasteiger partial charge is 0.255 e. The Labute approximate surface area is 205 Å². The average Bonchev–Trinajstić information content (AvgIpc) is 3.34. The predicted molar refractivity (Wildman–Crippen MR) is 140 cm³/mol. The lowest BCUT2D eigenvalue weighted by molar-refractivity contribution is 0.0272. The Morgan fingerprint density at radius 2 is 1.89 bits per heavy atom. The molecule has 7 heteroatoms. The molecule has 1 saturated carbocycles. The van der Waals surface area contributed by atoms with Gasteiger partial charge in [-0.25, -0.2) is 4.98 Å². The monoisotopic (exact) mass is 469 g/mol. The average molecular weight is 470 g/mol. The molecule has 0 spiro atoms. The molecule has 0 aliphatic heterocycles. The summed E-state index contributed by atoms with van der Waals surface area (Å²) in [5, 5.41) is 13.6. The molecule has 5 N–H and O–H groups in total. The minimum Gasteiger partial charge on any atom is -0.393 e. The van der Waals surface area contributed by atoms with Crippen LogP contribution in [0.25, 0.3) is 16.7 Å². The van der Waals surface area contributed by atoms with Crippen molar-refractivity contribution < 1.29 is 9.53 Å².